The van der Waals surface area contributed by atoms with Crippen LogP contribution >= 0.6 is 11.3 Å². The summed E-state index contributed by atoms with van der Waals surface area (Å²) in [4.78, 5) is 24.7. The monoisotopic (exact) mass is 367 g/mol. The smallest absolute Gasteiger partial charge is 0.188 e. The number of nitrogens with one attached hydrogen (secondary N) is 1. The van der Waals surface area contributed by atoms with Crippen LogP contribution in [0.2, 0.25) is 0 Å². The van der Waals surface area contributed by atoms with Crippen molar-refractivity contribution >= 4 is 28.1 Å². The average molecular weight is 367 g/mol. The summed E-state index contributed by atoms with van der Waals surface area (Å²) in [6.45, 7) is 5.79. The Bertz CT molecular complexity index is 895. The molecule has 1 aliphatic rings. The molecule has 0 spiro atoms. The van der Waals surface area contributed by atoms with Crippen molar-refractivity contribution in [2.24, 2.45) is 0 Å². The van der Waals surface area contributed by atoms with E-state index >= 15 is 0 Å². The van der Waals surface area contributed by atoms with Crippen molar-refractivity contribution in [1.82, 2.24) is 24.9 Å². The number of aryl methyl sites for hydroxylation is 2. The lowest BCUT2D eigenvalue weighted by molar-refractivity contribution is 0.498. The second-order valence-electron chi connectivity index (χ2n) is 6.46. The first-order chi connectivity index (χ1) is 12.7. The van der Waals surface area contributed by atoms with Gasteiger partial charge in [0.2, 0.25) is 0 Å². The Labute approximate surface area is 156 Å². The minimum Gasteiger partial charge on any atom is -0.356 e. The van der Waals surface area contributed by atoms with Crippen LogP contribution in [-0.4, -0.2) is 38.0 Å². The molecule has 1 atom stereocenters. The molecule has 0 amide bonds. The minimum absolute atomic E-state index is 0.302. The van der Waals surface area contributed by atoms with Gasteiger partial charge in [-0.15, -0.1) is 11.3 Å². The Hall–Kier alpha value is -2.61. The molecule has 1 saturated heterocycles. The summed E-state index contributed by atoms with van der Waals surface area (Å²) in [5.41, 5.74) is 2.00. The molecule has 1 N–H and O–H groups in total. The topological polar surface area (TPSA) is 79.7 Å². The van der Waals surface area contributed by atoms with Crippen molar-refractivity contribution in [1.29, 1.82) is 0 Å². The van der Waals surface area contributed by atoms with Crippen LogP contribution in [0.3, 0.4) is 0 Å². The highest BCUT2D eigenvalue weighted by atomic mass is 32.1. The zero-order valence-electron chi connectivity index (χ0n) is 14.9. The molecular formula is C18H21N7S. The summed E-state index contributed by atoms with van der Waals surface area (Å²) >= 11 is 1.58. The molecule has 4 heterocycles. The summed E-state index contributed by atoms with van der Waals surface area (Å²) in [5.74, 6) is 2.88. The quantitative estimate of drug-likeness (QED) is 0.756. The summed E-state index contributed by atoms with van der Waals surface area (Å²) in [6, 6.07) is 1.98. The molecule has 1 fully saturated rings. The molecular weight excluding hydrogens is 346 g/mol. The molecule has 0 aromatic carbocycles. The van der Waals surface area contributed by atoms with Crippen LogP contribution in [-0.2, 0) is 0 Å². The van der Waals surface area contributed by atoms with E-state index in [1.165, 1.54) is 0 Å². The molecule has 0 radical (unpaired) electrons. The third-order valence-electron chi connectivity index (χ3n) is 4.46. The zero-order valence-corrected chi connectivity index (χ0v) is 15.7. The highest BCUT2D eigenvalue weighted by Crippen LogP contribution is 2.32. The molecule has 26 heavy (non-hydrogen) atoms. The van der Waals surface area contributed by atoms with E-state index in [-0.39, 0.29) is 0 Å². The number of hydrogen-bond donors (Lipinski definition) is 1. The van der Waals surface area contributed by atoms with E-state index in [1.807, 2.05) is 31.5 Å². The molecule has 3 aromatic heterocycles. The summed E-state index contributed by atoms with van der Waals surface area (Å²) in [7, 11) is 0. The molecule has 0 bridgehead atoms. The summed E-state index contributed by atoms with van der Waals surface area (Å²) < 4.78 is 0. The van der Waals surface area contributed by atoms with Gasteiger partial charge in [-0.2, -0.15) is 0 Å². The lowest BCUT2D eigenvalue weighted by Crippen LogP contribution is -2.35. The van der Waals surface area contributed by atoms with Crippen molar-refractivity contribution < 1.29 is 0 Å². The maximum atomic E-state index is 4.64. The Balaban J connectivity index is 1.57. The van der Waals surface area contributed by atoms with E-state index in [4.69, 9.17) is 0 Å². The van der Waals surface area contributed by atoms with Crippen molar-refractivity contribution in [2.75, 3.05) is 23.3 Å². The Kier molecular flexibility index (Phi) is 4.75. The number of anilines is 3. The van der Waals surface area contributed by atoms with Crippen LogP contribution in [0.5, 0.6) is 0 Å². The standard InChI is InChI=1S/C18H21N7S/c1-12-11-26-18(22-12)24-17-16(20-7-8-21-17)14-4-3-9-25(10-14)15-5-6-19-13(2)23-15/h5-8,11,14H,3-4,9-10H2,1-2H3,(H,21,22,24)/t14-/m1/s1. The predicted octanol–water partition coefficient (Wildman–Crippen LogP) is 3.47. The third kappa shape index (κ3) is 3.65. The van der Waals surface area contributed by atoms with Crippen molar-refractivity contribution in [3.05, 3.63) is 47.2 Å². The van der Waals surface area contributed by atoms with Gasteiger partial charge in [-0.3, -0.25) is 4.98 Å². The van der Waals surface area contributed by atoms with Gasteiger partial charge < -0.3 is 10.2 Å². The van der Waals surface area contributed by atoms with Gasteiger partial charge >= 0.3 is 0 Å². The van der Waals surface area contributed by atoms with E-state index in [0.29, 0.717) is 5.92 Å². The molecule has 0 aliphatic carbocycles. The molecule has 0 saturated carbocycles. The Morgan fingerprint density at radius 3 is 2.81 bits per heavy atom. The van der Waals surface area contributed by atoms with E-state index < -0.39 is 0 Å². The Morgan fingerprint density at radius 2 is 2.00 bits per heavy atom. The maximum absolute atomic E-state index is 4.64. The first kappa shape index (κ1) is 16.8. The number of hydrogen-bond acceptors (Lipinski definition) is 8. The van der Waals surface area contributed by atoms with Crippen LogP contribution in [0.1, 0.15) is 36.0 Å². The van der Waals surface area contributed by atoms with Crippen LogP contribution in [0.25, 0.3) is 0 Å². The second-order valence-corrected chi connectivity index (χ2v) is 7.31. The molecule has 4 rings (SSSR count). The van der Waals surface area contributed by atoms with Crippen LogP contribution in [0, 0.1) is 13.8 Å². The summed E-state index contributed by atoms with van der Waals surface area (Å²) in [5, 5.41) is 6.22. The van der Waals surface area contributed by atoms with Crippen molar-refractivity contribution in [3.8, 4) is 0 Å². The number of nitrogens with zero attached hydrogens (tertiary/aromatic N) is 6. The largest absolute Gasteiger partial charge is 0.356 e. The predicted molar refractivity (Wildman–Crippen MR) is 103 cm³/mol. The molecule has 3 aromatic rings. The Morgan fingerprint density at radius 1 is 1.12 bits per heavy atom. The lowest BCUT2D eigenvalue weighted by atomic mass is 9.94. The van der Waals surface area contributed by atoms with Gasteiger partial charge in [0, 0.05) is 43.0 Å². The van der Waals surface area contributed by atoms with E-state index in [0.717, 1.165) is 59.9 Å². The minimum atomic E-state index is 0.302. The molecule has 134 valence electrons. The molecule has 8 heteroatoms. The van der Waals surface area contributed by atoms with Crippen molar-refractivity contribution in [2.45, 2.75) is 32.6 Å². The van der Waals surface area contributed by atoms with Gasteiger partial charge in [-0.1, -0.05) is 0 Å². The number of thiazole rings is 1. The first-order valence-electron chi connectivity index (χ1n) is 8.73. The van der Waals surface area contributed by atoms with Gasteiger partial charge in [0.05, 0.1) is 11.4 Å². The van der Waals surface area contributed by atoms with Crippen LogP contribution < -0.4 is 10.2 Å². The average Bonchev–Trinajstić information content (AvgIpc) is 3.07. The zero-order chi connectivity index (χ0) is 17.9. The first-order valence-corrected chi connectivity index (χ1v) is 9.61. The number of aromatic nitrogens is 5. The van der Waals surface area contributed by atoms with Crippen LogP contribution in [0.4, 0.5) is 16.8 Å². The highest BCUT2D eigenvalue weighted by Gasteiger charge is 2.26. The van der Waals surface area contributed by atoms with E-state index in [2.05, 4.69) is 35.1 Å². The maximum Gasteiger partial charge on any atom is 0.188 e. The van der Waals surface area contributed by atoms with Gasteiger partial charge in [0.25, 0.3) is 0 Å². The van der Waals surface area contributed by atoms with Gasteiger partial charge in [0.15, 0.2) is 10.9 Å². The number of piperidine rings is 1. The lowest BCUT2D eigenvalue weighted by Gasteiger charge is -2.33. The fraction of sp³-hybridized carbons (Fsp3) is 0.389. The second kappa shape index (κ2) is 7.33. The third-order valence-corrected chi connectivity index (χ3v) is 5.34. The normalized spacial score (nSPS) is 17.3. The van der Waals surface area contributed by atoms with E-state index in [9.17, 15) is 0 Å². The molecule has 1 aliphatic heterocycles. The fourth-order valence-corrected chi connectivity index (χ4v) is 3.97. The highest BCUT2D eigenvalue weighted by molar-refractivity contribution is 7.13. The SMILES string of the molecule is Cc1csc(Nc2nccnc2[C@@H]2CCCN(c3ccnc(C)n3)C2)n1. The van der Waals surface area contributed by atoms with Gasteiger partial charge in [-0.05, 0) is 32.8 Å². The van der Waals surface area contributed by atoms with Gasteiger partial charge in [0.1, 0.15) is 11.6 Å². The van der Waals surface area contributed by atoms with Crippen molar-refractivity contribution in [3.63, 3.8) is 0 Å². The molecule has 0 unspecified atom stereocenters. The summed E-state index contributed by atoms with van der Waals surface area (Å²) in [6.07, 6.45) is 7.49. The number of rotatable bonds is 4. The molecule has 7 nitrogen and oxygen atoms in total. The van der Waals surface area contributed by atoms with E-state index in [1.54, 1.807) is 23.7 Å². The van der Waals surface area contributed by atoms with Gasteiger partial charge in [-0.25, -0.2) is 19.9 Å². The van der Waals surface area contributed by atoms with Crippen LogP contribution in [0.15, 0.2) is 30.0 Å². The fourth-order valence-electron chi connectivity index (χ4n) is 3.28.